The molecule has 3 N–H and O–H groups in total. The number of anilines is 2. The summed E-state index contributed by atoms with van der Waals surface area (Å²) in [6.07, 6.45) is 2.17. The molecule has 0 aliphatic heterocycles. The lowest BCUT2D eigenvalue weighted by atomic mass is 9.96. The van der Waals surface area contributed by atoms with Gasteiger partial charge in [-0.05, 0) is 58.4 Å². The standard InChI is InChI=1S/C23H26FN7O/c1-6-17-21(15-7-9-16(24)10-8-15)28-29-22(17)27-18-11-19(26-12-25-18)31-14(3)20(13(2)30-31)23(4,5)32/h7-12,32H,6H2,1-5H3,(H2,25,26,27,28,29). The molecule has 3 aromatic heterocycles. The number of aromatic nitrogens is 6. The summed E-state index contributed by atoms with van der Waals surface area (Å²) < 4.78 is 15.0. The Morgan fingerprint density at radius 2 is 1.88 bits per heavy atom. The second-order valence-corrected chi connectivity index (χ2v) is 8.19. The molecule has 0 saturated heterocycles. The van der Waals surface area contributed by atoms with Crippen molar-refractivity contribution in [3.8, 4) is 17.1 Å². The van der Waals surface area contributed by atoms with E-state index in [9.17, 15) is 9.50 Å². The summed E-state index contributed by atoms with van der Waals surface area (Å²) in [7, 11) is 0. The van der Waals surface area contributed by atoms with Gasteiger partial charge in [-0.15, -0.1) is 0 Å². The van der Waals surface area contributed by atoms with E-state index in [2.05, 4.69) is 30.6 Å². The minimum absolute atomic E-state index is 0.282. The number of aromatic amines is 1. The number of hydrogen-bond acceptors (Lipinski definition) is 6. The maximum atomic E-state index is 13.3. The molecule has 0 atom stereocenters. The van der Waals surface area contributed by atoms with Gasteiger partial charge < -0.3 is 10.4 Å². The van der Waals surface area contributed by atoms with Crippen molar-refractivity contribution in [3.63, 3.8) is 0 Å². The molecule has 32 heavy (non-hydrogen) atoms. The number of aliphatic hydroxyl groups is 1. The van der Waals surface area contributed by atoms with Gasteiger partial charge in [0.15, 0.2) is 11.6 Å². The molecule has 0 saturated carbocycles. The molecule has 8 nitrogen and oxygen atoms in total. The van der Waals surface area contributed by atoms with E-state index in [4.69, 9.17) is 0 Å². The van der Waals surface area contributed by atoms with Crippen molar-refractivity contribution in [1.29, 1.82) is 0 Å². The normalized spacial score (nSPS) is 11.7. The van der Waals surface area contributed by atoms with Crippen LogP contribution in [0.25, 0.3) is 17.1 Å². The minimum Gasteiger partial charge on any atom is -0.386 e. The van der Waals surface area contributed by atoms with Gasteiger partial charge in [0.1, 0.15) is 18.0 Å². The summed E-state index contributed by atoms with van der Waals surface area (Å²) in [5, 5.41) is 25.8. The molecule has 3 heterocycles. The van der Waals surface area contributed by atoms with Crippen LogP contribution in [0.4, 0.5) is 16.0 Å². The Hall–Kier alpha value is -3.59. The summed E-state index contributed by atoms with van der Waals surface area (Å²) in [6, 6.07) is 8.07. The zero-order chi connectivity index (χ0) is 23.0. The van der Waals surface area contributed by atoms with E-state index in [1.165, 1.54) is 18.5 Å². The molecule has 166 valence electrons. The van der Waals surface area contributed by atoms with Gasteiger partial charge in [-0.1, -0.05) is 6.92 Å². The van der Waals surface area contributed by atoms with Gasteiger partial charge in [-0.2, -0.15) is 10.2 Å². The topological polar surface area (TPSA) is 105 Å². The summed E-state index contributed by atoms with van der Waals surface area (Å²) in [5.74, 6) is 1.49. The molecule has 0 fully saturated rings. The zero-order valence-electron chi connectivity index (χ0n) is 18.7. The Labute approximate surface area is 185 Å². The van der Waals surface area contributed by atoms with Gasteiger partial charge in [-0.25, -0.2) is 19.0 Å². The Morgan fingerprint density at radius 1 is 1.16 bits per heavy atom. The van der Waals surface area contributed by atoms with Gasteiger partial charge in [0, 0.05) is 28.5 Å². The van der Waals surface area contributed by atoms with Gasteiger partial charge in [0.05, 0.1) is 17.0 Å². The van der Waals surface area contributed by atoms with E-state index < -0.39 is 5.60 Å². The van der Waals surface area contributed by atoms with Gasteiger partial charge in [0.2, 0.25) is 0 Å². The lowest BCUT2D eigenvalue weighted by molar-refractivity contribution is 0.0772. The molecule has 0 radical (unpaired) electrons. The third kappa shape index (κ3) is 3.99. The molecule has 4 rings (SSSR count). The van der Waals surface area contributed by atoms with Crippen molar-refractivity contribution in [1.82, 2.24) is 29.9 Å². The minimum atomic E-state index is -1.01. The van der Waals surface area contributed by atoms with Crippen LogP contribution < -0.4 is 5.32 Å². The monoisotopic (exact) mass is 435 g/mol. The maximum Gasteiger partial charge on any atom is 0.159 e. The van der Waals surface area contributed by atoms with E-state index in [1.54, 1.807) is 36.7 Å². The highest BCUT2D eigenvalue weighted by molar-refractivity contribution is 5.71. The van der Waals surface area contributed by atoms with Crippen LogP contribution in [0.3, 0.4) is 0 Å². The van der Waals surface area contributed by atoms with Crippen LogP contribution in [0.5, 0.6) is 0 Å². The second kappa shape index (κ2) is 8.16. The number of halogens is 1. The smallest absolute Gasteiger partial charge is 0.159 e. The third-order valence-electron chi connectivity index (χ3n) is 5.37. The highest BCUT2D eigenvalue weighted by Gasteiger charge is 2.26. The fourth-order valence-electron chi connectivity index (χ4n) is 4.07. The maximum absolute atomic E-state index is 13.3. The average Bonchev–Trinajstić information content (AvgIpc) is 3.28. The SMILES string of the molecule is CCc1c(Nc2cc(-n3nc(C)c(C(C)(C)O)c3C)ncn2)n[nH]c1-c1ccc(F)cc1. The Kier molecular flexibility index (Phi) is 5.52. The first-order valence-corrected chi connectivity index (χ1v) is 10.4. The first kappa shape index (κ1) is 21.6. The Morgan fingerprint density at radius 3 is 2.50 bits per heavy atom. The molecule has 1 aromatic carbocycles. The van der Waals surface area contributed by atoms with Gasteiger partial charge in [0.25, 0.3) is 0 Å². The predicted molar refractivity (Wildman–Crippen MR) is 121 cm³/mol. The Balaban J connectivity index is 1.67. The van der Waals surface area contributed by atoms with Crippen LogP contribution in [0, 0.1) is 19.7 Å². The fraction of sp³-hybridized carbons (Fsp3) is 0.304. The first-order chi connectivity index (χ1) is 15.2. The van der Waals surface area contributed by atoms with E-state index in [-0.39, 0.29) is 5.82 Å². The summed E-state index contributed by atoms with van der Waals surface area (Å²) >= 11 is 0. The molecule has 0 unspecified atom stereocenters. The summed E-state index contributed by atoms with van der Waals surface area (Å²) in [5.41, 5.74) is 3.97. The molecule has 0 aliphatic carbocycles. The van der Waals surface area contributed by atoms with E-state index >= 15 is 0 Å². The van der Waals surface area contributed by atoms with E-state index in [1.807, 2.05) is 20.8 Å². The molecular formula is C23H26FN7O. The molecule has 9 heteroatoms. The molecule has 0 aliphatic rings. The van der Waals surface area contributed by atoms with Crippen molar-refractivity contribution >= 4 is 11.6 Å². The van der Waals surface area contributed by atoms with Crippen molar-refractivity contribution < 1.29 is 9.50 Å². The molecule has 0 spiro atoms. The number of rotatable bonds is 6. The second-order valence-electron chi connectivity index (χ2n) is 8.19. The predicted octanol–water partition coefficient (Wildman–Crippen LogP) is 4.34. The highest BCUT2D eigenvalue weighted by atomic mass is 19.1. The number of aryl methyl sites for hydroxylation is 1. The average molecular weight is 436 g/mol. The van der Waals surface area contributed by atoms with Crippen LogP contribution in [0.15, 0.2) is 36.7 Å². The first-order valence-electron chi connectivity index (χ1n) is 10.4. The van der Waals surface area contributed by atoms with E-state index in [0.717, 1.165) is 40.2 Å². The lowest BCUT2D eigenvalue weighted by Crippen LogP contribution is -2.18. The number of H-pyrrole nitrogens is 1. The fourth-order valence-corrected chi connectivity index (χ4v) is 4.07. The van der Waals surface area contributed by atoms with Crippen LogP contribution in [0.2, 0.25) is 0 Å². The van der Waals surface area contributed by atoms with Crippen LogP contribution in [-0.2, 0) is 12.0 Å². The molecular weight excluding hydrogens is 409 g/mol. The van der Waals surface area contributed by atoms with Crippen molar-refractivity contribution in [3.05, 3.63) is 65.0 Å². The molecule has 0 amide bonds. The van der Waals surface area contributed by atoms with Crippen LogP contribution >= 0.6 is 0 Å². The van der Waals surface area contributed by atoms with Gasteiger partial charge in [-0.3, -0.25) is 5.10 Å². The number of benzene rings is 1. The third-order valence-corrected chi connectivity index (χ3v) is 5.37. The lowest BCUT2D eigenvalue weighted by Gasteiger charge is -2.18. The van der Waals surface area contributed by atoms with Crippen LogP contribution in [-0.4, -0.2) is 35.1 Å². The van der Waals surface area contributed by atoms with Crippen molar-refractivity contribution in [2.45, 2.75) is 46.6 Å². The van der Waals surface area contributed by atoms with Gasteiger partial charge >= 0.3 is 0 Å². The summed E-state index contributed by atoms with van der Waals surface area (Å²) in [4.78, 5) is 8.68. The van der Waals surface area contributed by atoms with Crippen molar-refractivity contribution in [2.75, 3.05) is 5.32 Å². The Bertz CT molecular complexity index is 1250. The molecule has 4 aromatic rings. The molecule has 0 bridgehead atoms. The number of nitrogens with zero attached hydrogens (tertiary/aromatic N) is 5. The number of hydrogen-bond donors (Lipinski definition) is 3. The number of nitrogens with one attached hydrogen (secondary N) is 2. The highest BCUT2D eigenvalue weighted by Crippen LogP contribution is 2.30. The van der Waals surface area contributed by atoms with Crippen molar-refractivity contribution in [2.24, 2.45) is 0 Å². The van der Waals surface area contributed by atoms with E-state index in [0.29, 0.717) is 17.5 Å². The zero-order valence-corrected chi connectivity index (χ0v) is 18.7. The largest absolute Gasteiger partial charge is 0.386 e. The summed E-state index contributed by atoms with van der Waals surface area (Å²) in [6.45, 7) is 9.28. The quantitative estimate of drug-likeness (QED) is 0.416. The van der Waals surface area contributed by atoms with Crippen LogP contribution in [0.1, 0.15) is 43.3 Å².